The summed E-state index contributed by atoms with van der Waals surface area (Å²) in [6.07, 6.45) is 1.88. The zero-order valence-corrected chi connectivity index (χ0v) is 11.3. The van der Waals surface area contributed by atoms with Gasteiger partial charge in [-0.1, -0.05) is 73.3 Å². The molecule has 0 saturated heterocycles. The van der Waals surface area contributed by atoms with Crippen LogP contribution in [-0.2, 0) is 6.61 Å². The smallest absolute Gasteiger partial charge is 0.127 e. The Morgan fingerprint density at radius 2 is 1.50 bits per heavy atom. The van der Waals surface area contributed by atoms with Crippen molar-refractivity contribution >= 4 is 16.8 Å². The molecule has 0 radical (unpaired) electrons. The highest BCUT2D eigenvalue weighted by molar-refractivity contribution is 5.94. The van der Waals surface area contributed by atoms with Gasteiger partial charge in [-0.25, -0.2) is 0 Å². The van der Waals surface area contributed by atoms with E-state index in [2.05, 4.69) is 36.9 Å². The van der Waals surface area contributed by atoms with Crippen LogP contribution in [0.25, 0.3) is 16.8 Å². The molecule has 0 saturated carbocycles. The third-order valence-corrected chi connectivity index (χ3v) is 3.37. The summed E-state index contributed by atoms with van der Waals surface area (Å²) in [5.74, 6) is 0.912. The Balaban J connectivity index is 1.94. The summed E-state index contributed by atoms with van der Waals surface area (Å²) >= 11 is 0. The van der Waals surface area contributed by atoms with Crippen LogP contribution in [0.4, 0.5) is 0 Å². The summed E-state index contributed by atoms with van der Waals surface area (Å²) in [5.41, 5.74) is 2.30. The molecule has 1 nitrogen and oxygen atoms in total. The second kappa shape index (κ2) is 5.62. The molecule has 0 aliphatic heterocycles. The second-order valence-corrected chi connectivity index (χ2v) is 4.68. The van der Waals surface area contributed by atoms with Crippen molar-refractivity contribution in [3.05, 3.63) is 84.4 Å². The Morgan fingerprint density at radius 1 is 0.800 bits per heavy atom. The van der Waals surface area contributed by atoms with Crippen LogP contribution in [0.15, 0.2) is 73.3 Å². The molecule has 0 aromatic heterocycles. The number of hydrogen-bond acceptors (Lipinski definition) is 1. The van der Waals surface area contributed by atoms with Crippen LogP contribution >= 0.6 is 0 Å². The van der Waals surface area contributed by atoms with E-state index >= 15 is 0 Å². The molecule has 0 unspecified atom stereocenters. The van der Waals surface area contributed by atoms with Gasteiger partial charge in [-0.15, -0.1) is 0 Å². The summed E-state index contributed by atoms with van der Waals surface area (Å²) in [4.78, 5) is 0. The van der Waals surface area contributed by atoms with Gasteiger partial charge in [0, 0.05) is 5.39 Å². The van der Waals surface area contributed by atoms with Crippen molar-refractivity contribution in [3.8, 4) is 5.75 Å². The fourth-order valence-corrected chi connectivity index (χ4v) is 2.33. The SMILES string of the molecule is C=Cc1ccc(OCc2ccccc2)c2ccccc12. The van der Waals surface area contributed by atoms with Gasteiger partial charge < -0.3 is 4.74 Å². The predicted octanol–water partition coefficient (Wildman–Crippen LogP) is 5.06. The van der Waals surface area contributed by atoms with Crippen molar-refractivity contribution in [2.24, 2.45) is 0 Å². The topological polar surface area (TPSA) is 9.23 Å². The molecule has 0 atom stereocenters. The zero-order chi connectivity index (χ0) is 13.8. The standard InChI is InChI=1S/C19H16O/c1-2-16-12-13-19(18-11-7-6-10-17(16)18)20-14-15-8-4-3-5-9-15/h2-13H,1,14H2. The molecule has 0 N–H and O–H groups in total. The van der Waals surface area contributed by atoms with Crippen molar-refractivity contribution in [3.63, 3.8) is 0 Å². The van der Waals surface area contributed by atoms with E-state index < -0.39 is 0 Å². The quantitative estimate of drug-likeness (QED) is 0.637. The summed E-state index contributed by atoms with van der Waals surface area (Å²) in [6.45, 7) is 4.45. The predicted molar refractivity (Wildman–Crippen MR) is 84.8 cm³/mol. The fourth-order valence-electron chi connectivity index (χ4n) is 2.33. The Morgan fingerprint density at radius 3 is 2.25 bits per heavy atom. The Hall–Kier alpha value is -2.54. The number of hydrogen-bond donors (Lipinski definition) is 0. The average Bonchev–Trinajstić information content (AvgIpc) is 2.53. The minimum absolute atomic E-state index is 0.582. The molecule has 3 aromatic carbocycles. The van der Waals surface area contributed by atoms with E-state index in [1.54, 1.807) is 0 Å². The van der Waals surface area contributed by atoms with Crippen LogP contribution < -0.4 is 4.74 Å². The molecule has 0 heterocycles. The van der Waals surface area contributed by atoms with Gasteiger partial charge in [-0.05, 0) is 22.6 Å². The number of ether oxygens (including phenoxy) is 1. The molecule has 0 aliphatic rings. The van der Waals surface area contributed by atoms with Gasteiger partial charge in [0.05, 0.1) is 0 Å². The maximum Gasteiger partial charge on any atom is 0.127 e. The maximum atomic E-state index is 5.97. The lowest BCUT2D eigenvalue weighted by Gasteiger charge is -2.11. The van der Waals surface area contributed by atoms with Gasteiger partial charge in [0.25, 0.3) is 0 Å². The van der Waals surface area contributed by atoms with Crippen LogP contribution in [0.3, 0.4) is 0 Å². The van der Waals surface area contributed by atoms with E-state index in [4.69, 9.17) is 4.74 Å². The molecular formula is C19H16O. The first-order valence-electron chi connectivity index (χ1n) is 6.69. The highest BCUT2D eigenvalue weighted by Gasteiger charge is 2.05. The third kappa shape index (κ3) is 2.43. The first-order chi connectivity index (χ1) is 9.88. The lowest BCUT2D eigenvalue weighted by atomic mass is 10.0. The van der Waals surface area contributed by atoms with E-state index in [0.29, 0.717) is 6.61 Å². The van der Waals surface area contributed by atoms with Crippen LogP contribution in [0.2, 0.25) is 0 Å². The molecule has 20 heavy (non-hydrogen) atoms. The second-order valence-electron chi connectivity index (χ2n) is 4.68. The van der Waals surface area contributed by atoms with Gasteiger partial charge in [-0.2, -0.15) is 0 Å². The van der Waals surface area contributed by atoms with Gasteiger partial charge in [0.1, 0.15) is 12.4 Å². The first-order valence-corrected chi connectivity index (χ1v) is 6.69. The average molecular weight is 260 g/mol. The van der Waals surface area contributed by atoms with Crippen LogP contribution in [0.1, 0.15) is 11.1 Å². The van der Waals surface area contributed by atoms with E-state index in [1.165, 1.54) is 10.9 Å². The normalized spacial score (nSPS) is 10.4. The zero-order valence-electron chi connectivity index (χ0n) is 11.3. The summed E-state index contributed by atoms with van der Waals surface area (Å²) in [7, 11) is 0. The lowest BCUT2D eigenvalue weighted by Crippen LogP contribution is -1.96. The minimum atomic E-state index is 0.582. The summed E-state index contributed by atoms with van der Waals surface area (Å²) < 4.78 is 5.97. The third-order valence-electron chi connectivity index (χ3n) is 3.37. The molecular weight excluding hydrogens is 244 g/mol. The molecule has 98 valence electrons. The Kier molecular flexibility index (Phi) is 3.51. The van der Waals surface area contributed by atoms with Gasteiger partial charge in [0.2, 0.25) is 0 Å². The van der Waals surface area contributed by atoms with E-state index in [-0.39, 0.29) is 0 Å². The number of fused-ring (bicyclic) bond motifs is 1. The molecule has 3 rings (SSSR count). The van der Waals surface area contributed by atoms with Gasteiger partial charge >= 0.3 is 0 Å². The van der Waals surface area contributed by atoms with Crippen LogP contribution in [0.5, 0.6) is 5.75 Å². The first kappa shape index (κ1) is 12.5. The number of rotatable bonds is 4. The highest BCUT2D eigenvalue weighted by atomic mass is 16.5. The molecule has 0 amide bonds. The molecule has 3 aromatic rings. The summed E-state index contributed by atoms with van der Waals surface area (Å²) in [5, 5.41) is 2.30. The van der Waals surface area contributed by atoms with Crippen LogP contribution in [0, 0.1) is 0 Å². The number of benzene rings is 3. The molecule has 0 spiro atoms. The van der Waals surface area contributed by atoms with E-state index in [1.807, 2.05) is 42.5 Å². The van der Waals surface area contributed by atoms with Gasteiger partial charge in [0.15, 0.2) is 0 Å². The summed E-state index contributed by atoms with van der Waals surface area (Å²) in [6, 6.07) is 22.5. The lowest BCUT2D eigenvalue weighted by molar-refractivity contribution is 0.310. The van der Waals surface area contributed by atoms with Crippen molar-refractivity contribution in [2.75, 3.05) is 0 Å². The van der Waals surface area contributed by atoms with Gasteiger partial charge in [-0.3, -0.25) is 0 Å². The van der Waals surface area contributed by atoms with Crippen molar-refractivity contribution in [1.29, 1.82) is 0 Å². The molecule has 0 aliphatic carbocycles. The molecule has 1 heteroatoms. The monoisotopic (exact) mass is 260 g/mol. The van der Waals surface area contributed by atoms with Crippen molar-refractivity contribution in [1.82, 2.24) is 0 Å². The molecule has 0 fully saturated rings. The van der Waals surface area contributed by atoms with E-state index in [9.17, 15) is 0 Å². The van der Waals surface area contributed by atoms with Crippen LogP contribution in [-0.4, -0.2) is 0 Å². The Bertz CT molecular complexity index is 729. The largest absolute Gasteiger partial charge is 0.488 e. The van der Waals surface area contributed by atoms with E-state index in [0.717, 1.165) is 16.7 Å². The van der Waals surface area contributed by atoms with Crippen molar-refractivity contribution < 1.29 is 4.74 Å². The Labute approximate surface area is 119 Å². The molecule has 0 bridgehead atoms. The minimum Gasteiger partial charge on any atom is -0.488 e. The highest BCUT2D eigenvalue weighted by Crippen LogP contribution is 2.29. The fraction of sp³-hybridized carbons (Fsp3) is 0.0526. The van der Waals surface area contributed by atoms with Crippen molar-refractivity contribution in [2.45, 2.75) is 6.61 Å². The maximum absolute atomic E-state index is 5.97.